The first-order chi connectivity index (χ1) is 15.5. The molecule has 0 radical (unpaired) electrons. The van der Waals surface area contributed by atoms with E-state index in [9.17, 15) is 9.59 Å². The molecule has 2 heterocycles. The number of hydrogen-bond donors (Lipinski definition) is 1. The molecule has 8 heteroatoms. The van der Waals surface area contributed by atoms with Crippen LogP contribution in [-0.2, 0) is 17.6 Å². The van der Waals surface area contributed by atoms with E-state index in [0.717, 1.165) is 50.9 Å². The van der Waals surface area contributed by atoms with Gasteiger partial charge in [0.25, 0.3) is 11.8 Å². The number of aromatic nitrogens is 1. The second kappa shape index (κ2) is 11.9. The molecule has 7 nitrogen and oxygen atoms in total. The number of nitrogens with zero attached hydrogens (tertiary/aromatic N) is 2. The minimum Gasteiger partial charge on any atom is -0.490 e. The smallest absolute Gasteiger partial charge is 0.260 e. The van der Waals surface area contributed by atoms with Crippen LogP contribution in [0.15, 0.2) is 18.2 Å². The van der Waals surface area contributed by atoms with Gasteiger partial charge in [-0.3, -0.25) is 14.9 Å². The molecule has 1 saturated heterocycles. The lowest BCUT2D eigenvalue weighted by Crippen LogP contribution is -2.38. The van der Waals surface area contributed by atoms with E-state index in [1.54, 1.807) is 18.2 Å². The molecule has 0 bridgehead atoms. The Kier molecular flexibility index (Phi) is 8.90. The molecule has 2 aromatic rings. The van der Waals surface area contributed by atoms with Crippen molar-refractivity contribution in [3.63, 3.8) is 0 Å². The zero-order valence-electron chi connectivity index (χ0n) is 19.2. The van der Waals surface area contributed by atoms with Crippen molar-refractivity contribution in [2.75, 3.05) is 31.6 Å². The Balaban J connectivity index is 1.67. The minimum atomic E-state index is -0.249. The van der Waals surface area contributed by atoms with Gasteiger partial charge in [0.15, 0.2) is 23.2 Å². The van der Waals surface area contributed by atoms with Gasteiger partial charge < -0.3 is 14.4 Å². The standard InChI is InChI=1S/C24H33N3O4S/c1-4-10-18-21(5-2)32-24(25-18)26-23(29)17-11-12-19(20(15-17)30-6-3)31-16-22(28)27-13-8-7-9-14-27/h11-12,15H,4-10,13-14,16H2,1-3H3,(H,25,26,29). The number of amides is 2. The molecule has 1 aliphatic rings. The van der Waals surface area contributed by atoms with Crippen LogP contribution in [-0.4, -0.2) is 48.0 Å². The summed E-state index contributed by atoms with van der Waals surface area (Å²) in [7, 11) is 0. The Morgan fingerprint density at radius 2 is 1.88 bits per heavy atom. The lowest BCUT2D eigenvalue weighted by atomic mass is 10.1. The fourth-order valence-corrected chi connectivity index (χ4v) is 4.67. The molecule has 3 rings (SSSR count). The van der Waals surface area contributed by atoms with Crippen molar-refractivity contribution in [1.82, 2.24) is 9.88 Å². The van der Waals surface area contributed by atoms with Crippen molar-refractivity contribution in [3.8, 4) is 11.5 Å². The summed E-state index contributed by atoms with van der Waals surface area (Å²) >= 11 is 1.52. The highest BCUT2D eigenvalue weighted by Crippen LogP contribution is 2.30. The molecule has 1 aromatic heterocycles. The van der Waals surface area contributed by atoms with E-state index < -0.39 is 0 Å². The molecule has 1 N–H and O–H groups in total. The largest absolute Gasteiger partial charge is 0.490 e. The Labute approximate surface area is 194 Å². The summed E-state index contributed by atoms with van der Waals surface area (Å²) in [6.07, 6.45) is 6.08. The molecule has 174 valence electrons. The molecule has 1 aromatic carbocycles. The van der Waals surface area contributed by atoms with Crippen LogP contribution in [0.2, 0.25) is 0 Å². The molecule has 1 fully saturated rings. The molecular formula is C24H33N3O4S. The zero-order chi connectivity index (χ0) is 22.9. The van der Waals surface area contributed by atoms with Gasteiger partial charge in [-0.2, -0.15) is 0 Å². The first kappa shape index (κ1) is 24.0. The maximum atomic E-state index is 12.8. The molecule has 0 atom stereocenters. The lowest BCUT2D eigenvalue weighted by molar-refractivity contribution is -0.134. The van der Waals surface area contributed by atoms with Crippen LogP contribution < -0.4 is 14.8 Å². The van der Waals surface area contributed by atoms with Gasteiger partial charge in [-0.25, -0.2) is 4.98 Å². The highest BCUT2D eigenvalue weighted by Gasteiger charge is 2.19. The first-order valence-corrected chi connectivity index (χ1v) is 12.3. The first-order valence-electron chi connectivity index (χ1n) is 11.5. The van der Waals surface area contributed by atoms with Crippen LogP contribution in [0.1, 0.15) is 67.4 Å². The maximum Gasteiger partial charge on any atom is 0.260 e. The number of hydrogen-bond acceptors (Lipinski definition) is 6. The van der Waals surface area contributed by atoms with Crippen LogP contribution in [0.3, 0.4) is 0 Å². The molecule has 0 unspecified atom stereocenters. The summed E-state index contributed by atoms with van der Waals surface area (Å²) in [5.41, 5.74) is 1.51. The predicted molar refractivity (Wildman–Crippen MR) is 127 cm³/mol. The number of carbonyl (C=O) groups is 2. The number of carbonyl (C=O) groups excluding carboxylic acids is 2. The van der Waals surface area contributed by atoms with Crippen molar-refractivity contribution < 1.29 is 19.1 Å². The van der Waals surface area contributed by atoms with Gasteiger partial charge >= 0.3 is 0 Å². The molecular weight excluding hydrogens is 426 g/mol. The summed E-state index contributed by atoms with van der Waals surface area (Å²) in [6, 6.07) is 5.02. The van der Waals surface area contributed by atoms with Crippen molar-refractivity contribution in [1.29, 1.82) is 0 Å². The highest BCUT2D eigenvalue weighted by molar-refractivity contribution is 7.15. The van der Waals surface area contributed by atoms with Gasteiger partial charge in [-0.1, -0.05) is 20.3 Å². The van der Waals surface area contributed by atoms with Crippen LogP contribution in [0.5, 0.6) is 11.5 Å². The second-order valence-electron chi connectivity index (χ2n) is 7.77. The molecule has 32 heavy (non-hydrogen) atoms. The Morgan fingerprint density at radius 1 is 1.09 bits per heavy atom. The van der Waals surface area contributed by atoms with E-state index in [-0.39, 0.29) is 18.4 Å². The second-order valence-corrected chi connectivity index (χ2v) is 8.85. The maximum absolute atomic E-state index is 12.8. The number of anilines is 1. The minimum absolute atomic E-state index is 0.0210. The van der Waals surface area contributed by atoms with Gasteiger partial charge in [0, 0.05) is 23.5 Å². The average molecular weight is 460 g/mol. The number of thiazole rings is 1. The number of piperidine rings is 1. The Hall–Kier alpha value is -2.61. The third kappa shape index (κ3) is 6.22. The number of benzene rings is 1. The summed E-state index contributed by atoms with van der Waals surface area (Å²) in [5, 5.41) is 3.52. The van der Waals surface area contributed by atoms with Crippen LogP contribution in [0.4, 0.5) is 5.13 Å². The van der Waals surface area contributed by atoms with Crippen molar-refractivity contribution in [2.45, 2.75) is 59.3 Å². The van der Waals surface area contributed by atoms with Gasteiger partial charge in [-0.15, -0.1) is 11.3 Å². The number of nitrogens with one attached hydrogen (secondary N) is 1. The fraction of sp³-hybridized carbons (Fsp3) is 0.542. The lowest BCUT2D eigenvalue weighted by Gasteiger charge is -2.26. The third-order valence-electron chi connectivity index (χ3n) is 5.37. The summed E-state index contributed by atoms with van der Waals surface area (Å²) in [6.45, 7) is 8.05. The van der Waals surface area contributed by atoms with E-state index >= 15 is 0 Å². The SMILES string of the molecule is CCCc1nc(NC(=O)c2ccc(OCC(=O)N3CCCCC3)c(OCC)c2)sc1CC. The number of ether oxygens (including phenoxy) is 2. The number of rotatable bonds is 10. The monoisotopic (exact) mass is 459 g/mol. The predicted octanol–water partition coefficient (Wildman–Crippen LogP) is 4.70. The Bertz CT molecular complexity index is 922. The van der Waals surface area contributed by atoms with Crippen LogP contribution >= 0.6 is 11.3 Å². The van der Waals surface area contributed by atoms with Crippen LogP contribution in [0, 0.1) is 0 Å². The quantitative estimate of drug-likeness (QED) is 0.557. The number of aryl methyl sites for hydroxylation is 2. The van der Waals surface area contributed by atoms with Crippen molar-refractivity contribution in [3.05, 3.63) is 34.3 Å². The summed E-state index contributed by atoms with van der Waals surface area (Å²) in [4.78, 5) is 32.9. The normalized spacial score (nSPS) is 13.7. The van der Waals surface area contributed by atoms with E-state index in [1.807, 2.05) is 11.8 Å². The van der Waals surface area contributed by atoms with Gasteiger partial charge in [0.1, 0.15) is 0 Å². The molecule has 0 spiro atoms. The van der Waals surface area contributed by atoms with Gasteiger partial charge in [0.05, 0.1) is 12.3 Å². The average Bonchev–Trinajstić information content (AvgIpc) is 3.20. The van der Waals surface area contributed by atoms with Crippen molar-refractivity contribution >= 4 is 28.3 Å². The van der Waals surface area contributed by atoms with Gasteiger partial charge in [-0.05, 0) is 57.2 Å². The van der Waals surface area contributed by atoms with Crippen molar-refractivity contribution in [2.24, 2.45) is 0 Å². The zero-order valence-corrected chi connectivity index (χ0v) is 20.1. The van der Waals surface area contributed by atoms with E-state index in [1.165, 1.54) is 22.6 Å². The summed E-state index contributed by atoms with van der Waals surface area (Å²) < 4.78 is 11.4. The molecule has 1 aliphatic heterocycles. The highest BCUT2D eigenvalue weighted by atomic mass is 32.1. The third-order valence-corrected chi connectivity index (χ3v) is 6.53. The molecule has 0 aliphatic carbocycles. The van der Waals surface area contributed by atoms with E-state index in [2.05, 4.69) is 24.1 Å². The topological polar surface area (TPSA) is 80.8 Å². The molecule has 0 saturated carbocycles. The van der Waals surface area contributed by atoms with E-state index in [0.29, 0.717) is 28.8 Å². The Morgan fingerprint density at radius 3 is 2.56 bits per heavy atom. The van der Waals surface area contributed by atoms with Crippen LogP contribution in [0.25, 0.3) is 0 Å². The summed E-state index contributed by atoms with van der Waals surface area (Å²) in [5.74, 6) is 0.641. The molecule has 2 amide bonds. The number of likely N-dealkylation sites (tertiary alicyclic amines) is 1. The van der Waals surface area contributed by atoms with Gasteiger partial charge in [0.2, 0.25) is 0 Å². The van der Waals surface area contributed by atoms with E-state index in [4.69, 9.17) is 9.47 Å². The fourth-order valence-electron chi connectivity index (χ4n) is 3.73.